The maximum absolute atomic E-state index is 13.6. The lowest BCUT2D eigenvalue weighted by Crippen LogP contribution is -2.32. The number of rotatable bonds is 3. The van der Waals surface area contributed by atoms with Gasteiger partial charge in [-0.1, -0.05) is 13.8 Å². The Morgan fingerprint density at radius 2 is 2.33 bits per heavy atom. The van der Waals surface area contributed by atoms with Gasteiger partial charge in [-0.15, -0.1) is 0 Å². The average molecular weight is 253 g/mol. The second-order valence-electron chi connectivity index (χ2n) is 5.36. The van der Waals surface area contributed by atoms with Crippen LogP contribution in [0.4, 0.5) is 4.39 Å². The van der Waals surface area contributed by atoms with Crippen molar-refractivity contribution in [2.45, 2.75) is 39.2 Å². The van der Waals surface area contributed by atoms with Crippen LogP contribution >= 0.6 is 0 Å². The highest BCUT2D eigenvalue weighted by atomic mass is 19.1. The van der Waals surface area contributed by atoms with E-state index in [-0.39, 0.29) is 17.4 Å². The van der Waals surface area contributed by atoms with E-state index in [9.17, 15) is 9.18 Å². The summed E-state index contributed by atoms with van der Waals surface area (Å²) < 4.78 is 20.5. The first kappa shape index (κ1) is 13.3. The first-order valence-corrected chi connectivity index (χ1v) is 6.56. The summed E-state index contributed by atoms with van der Waals surface area (Å²) >= 11 is 0. The van der Waals surface area contributed by atoms with Crippen molar-refractivity contribution in [3.8, 4) is 0 Å². The summed E-state index contributed by atoms with van der Waals surface area (Å²) in [4.78, 5) is 12.3. The number of pyridine rings is 1. The Balaban J connectivity index is 2.34. The van der Waals surface area contributed by atoms with Crippen molar-refractivity contribution in [2.75, 3.05) is 13.2 Å². The molecule has 0 aromatic carbocycles. The van der Waals surface area contributed by atoms with Crippen LogP contribution in [-0.2, 0) is 11.2 Å². The summed E-state index contributed by atoms with van der Waals surface area (Å²) in [6.07, 6.45) is 3.73. The third kappa shape index (κ3) is 2.99. The Bertz CT molecular complexity index is 461. The molecule has 1 aliphatic rings. The van der Waals surface area contributed by atoms with Crippen LogP contribution in [0.3, 0.4) is 0 Å². The minimum Gasteiger partial charge on any atom is -0.379 e. The highest BCUT2D eigenvalue weighted by molar-refractivity contribution is 5.13. The van der Waals surface area contributed by atoms with Crippen LogP contribution in [0.25, 0.3) is 0 Å². The van der Waals surface area contributed by atoms with Gasteiger partial charge in [0.15, 0.2) is 0 Å². The molecule has 1 aromatic heterocycles. The molecule has 1 unspecified atom stereocenters. The molecule has 0 saturated carbocycles. The summed E-state index contributed by atoms with van der Waals surface area (Å²) in [6.45, 7) is 5.29. The van der Waals surface area contributed by atoms with Crippen molar-refractivity contribution in [2.24, 2.45) is 5.92 Å². The zero-order valence-electron chi connectivity index (χ0n) is 11.0. The molecule has 2 rings (SSSR count). The lowest BCUT2D eigenvalue weighted by molar-refractivity contribution is 0.0575. The van der Waals surface area contributed by atoms with Gasteiger partial charge in [-0.2, -0.15) is 0 Å². The van der Waals surface area contributed by atoms with Crippen molar-refractivity contribution in [1.82, 2.24) is 4.57 Å². The van der Waals surface area contributed by atoms with E-state index < -0.39 is 0 Å². The summed E-state index contributed by atoms with van der Waals surface area (Å²) in [5.74, 6) is 0.00591. The molecule has 1 saturated heterocycles. The van der Waals surface area contributed by atoms with Gasteiger partial charge >= 0.3 is 0 Å². The van der Waals surface area contributed by atoms with Gasteiger partial charge in [-0.3, -0.25) is 4.79 Å². The molecule has 1 fully saturated rings. The molecule has 1 aromatic rings. The zero-order chi connectivity index (χ0) is 13.1. The fraction of sp³-hybridized carbons (Fsp3) is 0.643. The summed E-state index contributed by atoms with van der Waals surface area (Å²) in [5.41, 5.74) is 0.496. The standard InChI is InChI=1S/C14H20FNO2/c1-10(2)6-11-7-12(15)8-16(14(11)17)13-4-3-5-18-9-13/h7-8,10,13H,3-6,9H2,1-2H3. The highest BCUT2D eigenvalue weighted by Gasteiger charge is 2.19. The number of aromatic nitrogens is 1. The minimum absolute atomic E-state index is 0.0205. The Labute approximate surface area is 107 Å². The van der Waals surface area contributed by atoms with Gasteiger partial charge in [-0.05, 0) is 31.2 Å². The number of hydrogen-bond acceptors (Lipinski definition) is 2. The van der Waals surface area contributed by atoms with Crippen LogP contribution in [0, 0.1) is 11.7 Å². The monoisotopic (exact) mass is 253 g/mol. The molecular weight excluding hydrogens is 233 g/mol. The molecule has 1 aliphatic heterocycles. The average Bonchev–Trinajstić information content (AvgIpc) is 2.34. The molecule has 4 heteroatoms. The van der Waals surface area contributed by atoms with Gasteiger partial charge in [0, 0.05) is 18.4 Å². The fourth-order valence-corrected chi connectivity index (χ4v) is 2.42. The van der Waals surface area contributed by atoms with Crippen LogP contribution in [-0.4, -0.2) is 17.8 Å². The predicted octanol–water partition coefficient (Wildman–Crippen LogP) is 2.54. The molecule has 1 atom stereocenters. The molecule has 100 valence electrons. The largest absolute Gasteiger partial charge is 0.379 e. The lowest BCUT2D eigenvalue weighted by Gasteiger charge is -2.24. The van der Waals surface area contributed by atoms with Crippen LogP contribution in [0.1, 0.15) is 38.3 Å². The van der Waals surface area contributed by atoms with E-state index >= 15 is 0 Å². The van der Waals surface area contributed by atoms with E-state index in [1.54, 1.807) is 0 Å². The number of ether oxygens (including phenoxy) is 1. The van der Waals surface area contributed by atoms with Crippen LogP contribution in [0.15, 0.2) is 17.1 Å². The van der Waals surface area contributed by atoms with Gasteiger partial charge in [-0.25, -0.2) is 4.39 Å². The van der Waals surface area contributed by atoms with E-state index in [1.165, 1.54) is 16.8 Å². The molecule has 0 spiro atoms. The van der Waals surface area contributed by atoms with Crippen molar-refractivity contribution >= 4 is 0 Å². The Morgan fingerprint density at radius 1 is 1.56 bits per heavy atom. The Hall–Kier alpha value is -1.16. The van der Waals surface area contributed by atoms with E-state index in [1.807, 2.05) is 13.8 Å². The van der Waals surface area contributed by atoms with Crippen molar-refractivity contribution < 1.29 is 9.13 Å². The van der Waals surface area contributed by atoms with E-state index in [0.29, 0.717) is 24.5 Å². The van der Waals surface area contributed by atoms with Gasteiger partial charge < -0.3 is 9.30 Å². The van der Waals surface area contributed by atoms with E-state index in [4.69, 9.17) is 4.74 Å². The first-order valence-electron chi connectivity index (χ1n) is 6.56. The van der Waals surface area contributed by atoms with Gasteiger partial charge in [0.25, 0.3) is 5.56 Å². The van der Waals surface area contributed by atoms with Gasteiger partial charge in [0.1, 0.15) is 5.82 Å². The van der Waals surface area contributed by atoms with E-state index in [0.717, 1.165) is 19.4 Å². The normalized spacial score (nSPS) is 20.3. The minimum atomic E-state index is -0.337. The zero-order valence-corrected chi connectivity index (χ0v) is 11.0. The second kappa shape index (κ2) is 5.65. The van der Waals surface area contributed by atoms with Crippen molar-refractivity contribution in [1.29, 1.82) is 0 Å². The van der Waals surface area contributed by atoms with Crippen molar-refractivity contribution in [3.05, 3.63) is 34.0 Å². The van der Waals surface area contributed by atoms with Crippen LogP contribution < -0.4 is 5.56 Å². The predicted molar refractivity (Wildman–Crippen MR) is 68.3 cm³/mol. The number of hydrogen-bond donors (Lipinski definition) is 0. The van der Waals surface area contributed by atoms with Crippen LogP contribution in [0.5, 0.6) is 0 Å². The van der Waals surface area contributed by atoms with Crippen molar-refractivity contribution in [3.63, 3.8) is 0 Å². The SMILES string of the molecule is CC(C)Cc1cc(F)cn(C2CCCOC2)c1=O. The third-order valence-electron chi connectivity index (χ3n) is 3.24. The molecule has 0 N–H and O–H groups in total. The summed E-state index contributed by atoms with van der Waals surface area (Å²) in [5, 5.41) is 0. The molecule has 0 bridgehead atoms. The van der Waals surface area contributed by atoms with Crippen LogP contribution in [0.2, 0.25) is 0 Å². The van der Waals surface area contributed by atoms with E-state index in [2.05, 4.69) is 0 Å². The number of halogens is 1. The van der Waals surface area contributed by atoms with Gasteiger partial charge in [0.2, 0.25) is 0 Å². The summed E-state index contributed by atoms with van der Waals surface area (Å²) in [7, 11) is 0. The quantitative estimate of drug-likeness (QED) is 0.829. The topological polar surface area (TPSA) is 31.2 Å². The molecule has 0 aliphatic carbocycles. The fourth-order valence-electron chi connectivity index (χ4n) is 2.42. The summed E-state index contributed by atoms with van der Waals surface area (Å²) in [6, 6.07) is 1.34. The van der Waals surface area contributed by atoms with Gasteiger partial charge in [0.05, 0.1) is 12.6 Å². The molecule has 0 amide bonds. The molecule has 18 heavy (non-hydrogen) atoms. The third-order valence-corrected chi connectivity index (χ3v) is 3.24. The smallest absolute Gasteiger partial charge is 0.254 e. The second-order valence-corrected chi connectivity index (χ2v) is 5.36. The molecule has 2 heterocycles. The maximum Gasteiger partial charge on any atom is 0.254 e. The number of nitrogens with zero attached hydrogens (tertiary/aromatic N) is 1. The molecule has 3 nitrogen and oxygen atoms in total. The Morgan fingerprint density at radius 3 is 2.94 bits per heavy atom. The Kier molecular flexibility index (Phi) is 4.17. The lowest BCUT2D eigenvalue weighted by atomic mass is 10.0. The molecule has 0 radical (unpaired) electrons. The highest BCUT2D eigenvalue weighted by Crippen LogP contribution is 2.18. The maximum atomic E-state index is 13.6. The molecular formula is C14H20FNO2. The first-order chi connectivity index (χ1) is 8.58.